The smallest absolute Gasteiger partial charge is 0.326 e. The van der Waals surface area contributed by atoms with E-state index in [4.69, 9.17) is 16.6 Å². The van der Waals surface area contributed by atoms with E-state index < -0.39 is 29.7 Å². The van der Waals surface area contributed by atoms with Gasteiger partial charge in [0, 0.05) is 13.0 Å². The van der Waals surface area contributed by atoms with Gasteiger partial charge in [-0.2, -0.15) is 0 Å². The van der Waals surface area contributed by atoms with Gasteiger partial charge in [-0.05, 0) is 12.0 Å². The lowest BCUT2D eigenvalue weighted by atomic mass is 9.97. The molecule has 114 valence electrons. The van der Waals surface area contributed by atoms with Crippen molar-refractivity contribution in [3.8, 4) is 0 Å². The normalized spacial score (nSPS) is 13.2. The summed E-state index contributed by atoms with van der Waals surface area (Å²) in [6.45, 7) is 0.0536. The fraction of sp³-hybridized carbons (Fsp3) is 0.357. The molecule has 0 heterocycles. The van der Waals surface area contributed by atoms with Gasteiger partial charge in [-0.15, -0.1) is 0 Å². The van der Waals surface area contributed by atoms with Crippen molar-refractivity contribution >= 4 is 17.8 Å². The number of nitrogens with one attached hydrogen (secondary N) is 1. The Bertz CT molecular complexity index is 504. The fourth-order valence-corrected chi connectivity index (χ4v) is 1.90. The van der Waals surface area contributed by atoms with Gasteiger partial charge in [0.1, 0.15) is 6.04 Å². The van der Waals surface area contributed by atoms with E-state index in [9.17, 15) is 14.4 Å². The molecule has 6 N–H and O–H groups in total. The largest absolute Gasteiger partial charge is 0.480 e. The minimum atomic E-state index is -1.21. The fourth-order valence-electron chi connectivity index (χ4n) is 1.90. The first-order valence-electron chi connectivity index (χ1n) is 6.52. The second kappa shape index (κ2) is 8.01. The number of carboxylic acid groups (broad SMARTS) is 1. The second-order valence-electron chi connectivity index (χ2n) is 4.60. The van der Waals surface area contributed by atoms with Crippen molar-refractivity contribution < 1.29 is 19.5 Å². The maximum atomic E-state index is 12.2. The van der Waals surface area contributed by atoms with E-state index in [-0.39, 0.29) is 19.4 Å². The van der Waals surface area contributed by atoms with Crippen LogP contribution >= 0.6 is 0 Å². The number of primary amides is 1. The number of rotatable bonds is 8. The Hall–Kier alpha value is -2.41. The van der Waals surface area contributed by atoms with E-state index in [1.54, 1.807) is 24.3 Å². The summed E-state index contributed by atoms with van der Waals surface area (Å²) in [4.78, 5) is 34.0. The molecular formula is C14H19N3O4. The van der Waals surface area contributed by atoms with Gasteiger partial charge in [0.25, 0.3) is 0 Å². The molecule has 0 spiro atoms. The van der Waals surface area contributed by atoms with Crippen molar-refractivity contribution in [2.24, 2.45) is 11.5 Å². The highest BCUT2D eigenvalue weighted by atomic mass is 16.4. The van der Waals surface area contributed by atoms with Crippen molar-refractivity contribution in [1.29, 1.82) is 0 Å². The van der Waals surface area contributed by atoms with Crippen LogP contribution in [0.2, 0.25) is 0 Å². The first-order valence-corrected chi connectivity index (χ1v) is 6.52. The molecule has 1 rings (SSSR count). The summed E-state index contributed by atoms with van der Waals surface area (Å²) in [5, 5.41) is 11.5. The van der Waals surface area contributed by atoms with Crippen LogP contribution in [0.4, 0.5) is 0 Å². The van der Waals surface area contributed by atoms with Crippen molar-refractivity contribution in [3.63, 3.8) is 0 Å². The van der Waals surface area contributed by atoms with Gasteiger partial charge in [0.05, 0.1) is 5.92 Å². The molecule has 0 radical (unpaired) electrons. The number of hydrogen-bond donors (Lipinski definition) is 4. The van der Waals surface area contributed by atoms with Gasteiger partial charge in [0.2, 0.25) is 11.8 Å². The Morgan fingerprint density at radius 3 is 2.29 bits per heavy atom. The van der Waals surface area contributed by atoms with E-state index >= 15 is 0 Å². The SMILES string of the molecule is NCC(C(=O)N[C@@H](CCC(N)=O)C(=O)O)c1ccccc1. The number of benzene rings is 1. The number of nitrogens with two attached hydrogens (primary N) is 2. The molecule has 7 nitrogen and oxygen atoms in total. The quantitative estimate of drug-likeness (QED) is 0.515. The Morgan fingerprint density at radius 2 is 1.81 bits per heavy atom. The van der Waals surface area contributed by atoms with Crippen molar-refractivity contribution in [1.82, 2.24) is 5.32 Å². The van der Waals surface area contributed by atoms with Crippen LogP contribution in [-0.4, -0.2) is 35.5 Å². The summed E-state index contributed by atoms with van der Waals surface area (Å²) in [7, 11) is 0. The van der Waals surface area contributed by atoms with Crippen LogP contribution in [0, 0.1) is 0 Å². The third-order valence-corrected chi connectivity index (χ3v) is 3.05. The minimum Gasteiger partial charge on any atom is -0.480 e. The number of hydrogen-bond acceptors (Lipinski definition) is 4. The molecule has 0 bridgehead atoms. The zero-order chi connectivity index (χ0) is 15.8. The molecule has 0 fully saturated rings. The van der Waals surface area contributed by atoms with Crippen LogP contribution in [0.25, 0.3) is 0 Å². The van der Waals surface area contributed by atoms with E-state index in [0.717, 1.165) is 0 Å². The molecule has 1 unspecified atom stereocenters. The van der Waals surface area contributed by atoms with Gasteiger partial charge >= 0.3 is 5.97 Å². The van der Waals surface area contributed by atoms with Gasteiger partial charge in [0.15, 0.2) is 0 Å². The van der Waals surface area contributed by atoms with Gasteiger partial charge in [-0.3, -0.25) is 9.59 Å². The molecule has 0 aliphatic rings. The van der Waals surface area contributed by atoms with E-state index in [1.165, 1.54) is 0 Å². The number of carbonyl (C=O) groups is 3. The maximum absolute atomic E-state index is 12.2. The average Bonchev–Trinajstić information content (AvgIpc) is 2.44. The van der Waals surface area contributed by atoms with Crippen LogP contribution in [0.15, 0.2) is 30.3 Å². The predicted octanol–water partition coefficient (Wildman–Crippen LogP) is -0.436. The summed E-state index contributed by atoms with van der Waals surface area (Å²) in [5.74, 6) is -2.95. The summed E-state index contributed by atoms with van der Waals surface area (Å²) in [5.41, 5.74) is 11.3. The second-order valence-corrected chi connectivity index (χ2v) is 4.60. The molecule has 0 saturated carbocycles. The Labute approximate surface area is 122 Å². The molecule has 7 heteroatoms. The third kappa shape index (κ3) is 5.23. The highest BCUT2D eigenvalue weighted by Gasteiger charge is 2.25. The maximum Gasteiger partial charge on any atom is 0.326 e. The van der Waals surface area contributed by atoms with Crippen LogP contribution in [0.5, 0.6) is 0 Å². The van der Waals surface area contributed by atoms with E-state index in [0.29, 0.717) is 5.56 Å². The Morgan fingerprint density at radius 1 is 1.19 bits per heavy atom. The topological polar surface area (TPSA) is 136 Å². The van der Waals surface area contributed by atoms with Crippen molar-refractivity contribution in [2.45, 2.75) is 24.8 Å². The van der Waals surface area contributed by atoms with Crippen LogP contribution in [0.3, 0.4) is 0 Å². The monoisotopic (exact) mass is 293 g/mol. The molecule has 21 heavy (non-hydrogen) atoms. The highest BCUT2D eigenvalue weighted by molar-refractivity contribution is 5.88. The minimum absolute atomic E-state index is 0.0531. The van der Waals surface area contributed by atoms with Crippen LogP contribution in [-0.2, 0) is 14.4 Å². The van der Waals surface area contributed by atoms with Gasteiger partial charge in [-0.1, -0.05) is 30.3 Å². The summed E-state index contributed by atoms with van der Waals surface area (Å²) < 4.78 is 0. The Balaban J connectivity index is 2.75. The summed E-state index contributed by atoms with van der Waals surface area (Å²) >= 11 is 0. The Kier molecular flexibility index (Phi) is 6.35. The summed E-state index contributed by atoms with van der Waals surface area (Å²) in [6.07, 6.45) is -0.168. The third-order valence-electron chi connectivity index (χ3n) is 3.05. The lowest BCUT2D eigenvalue weighted by molar-refractivity contribution is -0.142. The number of carbonyl (C=O) groups excluding carboxylic acids is 2. The molecule has 1 aromatic rings. The molecule has 2 amide bonds. The van der Waals surface area contributed by atoms with Gasteiger partial charge < -0.3 is 21.9 Å². The van der Waals surface area contributed by atoms with Crippen molar-refractivity contribution in [3.05, 3.63) is 35.9 Å². The zero-order valence-corrected chi connectivity index (χ0v) is 11.5. The van der Waals surface area contributed by atoms with E-state index in [2.05, 4.69) is 5.32 Å². The molecule has 0 saturated heterocycles. The van der Waals surface area contributed by atoms with Crippen molar-refractivity contribution in [2.75, 3.05) is 6.54 Å². The molecule has 2 atom stereocenters. The van der Waals surface area contributed by atoms with E-state index in [1.807, 2.05) is 6.07 Å². The lowest BCUT2D eigenvalue weighted by Crippen LogP contribution is -2.44. The first kappa shape index (κ1) is 16.6. The molecule has 0 aliphatic carbocycles. The highest BCUT2D eigenvalue weighted by Crippen LogP contribution is 2.14. The lowest BCUT2D eigenvalue weighted by Gasteiger charge is -2.19. The van der Waals surface area contributed by atoms with Crippen LogP contribution < -0.4 is 16.8 Å². The predicted molar refractivity (Wildman–Crippen MR) is 76.2 cm³/mol. The van der Waals surface area contributed by atoms with Crippen LogP contribution in [0.1, 0.15) is 24.3 Å². The van der Waals surface area contributed by atoms with Gasteiger partial charge in [-0.25, -0.2) is 4.79 Å². The standard InChI is InChI=1S/C14H19N3O4/c15-8-10(9-4-2-1-3-5-9)13(19)17-11(14(20)21)6-7-12(16)18/h1-5,10-11H,6-8,15H2,(H2,16,18)(H,17,19)(H,20,21)/t10?,11-/m0/s1. The molecule has 0 aromatic heterocycles. The zero-order valence-electron chi connectivity index (χ0n) is 11.5. The summed E-state index contributed by atoms with van der Waals surface area (Å²) in [6, 6.07) is 7.68. The first-order chi connectivity index (χ1) is 9.95. The molecule has 1 aromatic carbocycles. The number of carboxylic acids is 1. The number of aliphatic carboxylic acids is 1. The molecule has 0 aliphatic heterocycles. The number of amides is 2. The average molecular weight is 293 g/mol. The molecular weight excluding hydrogens is 274 g/mol.